The molecule has 1 aliphatic rings. The van der Waals surface area contributed by atoms with Gasteiger partial charge in [-0.05, 0) is 23.3 Å². The molecule has 0 spiro atoms. The van der Waals surface area contributed by atoms with Crippen molar-refractivity contribution in [3.05, 3.63) is 65.7 Å². The SMILES string of the molecule is COc1ccc(C2(c3ccccc3)CCNO2)cc1. The van der Waals surface area contributed by atoms with Crippen LogP contribution in [0.15, 0.2) is 54.6 Å². The van der Waals surface area contributed by atoms with Crippen molar-refractivity contribution in [3.63, 3.8) is 0 Å². The van der Waals surface area contributed by atoms with E-state index in [-0.39, 0.29) is 0 Å². The topological polar surface area (TPSA) is 30.5 Å². The maximum Gasteiger partial charge on any atom is 0.141 e. The molecule has 1 saturated heterocycles. The van der Waals surface area contributed by atoms with Crippen LogP contribution in [0.1, 0.15) is 17.5 Å². The molecule has 0 saturated carbocycles. The van der Waals surface area contributed by atoms with Gasteiger partial charge in [0.15, 0.2) is 0 Å². The van der Waals surface area contributed by atoms with Gasteiger partial charge in [-0.3, -0.25) is 4.84 Å². The molecule has 1 N–H and O–H groups in total. The van der Waals surface area contributed by atoms with Crippen LogP contribution in [-0.2, 0) is 10.4 Å². The Balaban J connectivity index is 2.05. The van der Waals surface area contributed by atoms with Gasteiger partial charge < -0.3 is 4.74 Å². The van der Waals surface area contributed by atoms with Gasteiger partial charge in [-0.25, -0.2) is 5.48 Å². The first-order chi connectivity index (χ1) is 9.35. The number of nitrogens with one attached hydrogen (secondary N) is 1. The fourth-order valence-electron chi connectivity index (χ4n) is 2.59. The van der Waals surface area contributed by atoms with Gasteiger partial charge >= 0.3 is 0 Å². The number of hydrogen-bond acceptors (Lipinski definition) is 3. The van der Waals surface area contributed by atoms with Crippen molar-refractivity contribution in [1.29, 1.82) is 0 Å². The van der Waals surface area contributed by atoms with Crippen LogP contribution in [0, 0.1) is 0 Å². The van der Waals surface area contributed by atoms with Crippen LogP contribution < -0.4 is 10.2 Å². The fraction of sp³-hybridized carbons (Fsp3) is 0.250. The van der Waals surface area contributed by atoms with Crippen molar-refractivity contribution >= 4 is 0 Å². The van der Waals surface area contributed by atoms with Gasteiger partial charge in [0.1, 0.15) is 11.4 Å². The molecule has 3 rings (SSSR count). The summed E-state index contributed by atoms with van der Waals surface area (Å²) in [6.07, 6.45) is 0.920. The molecular weight excluding hydrogens is 238 g/mol. The van der Waals surface area contributed by atoms with E-state index in [2.05, 4.69) is 29.7 Å². The molecule has 1 atom stereocenters. The molecule has 0 aromatic heterocycles. The third kappa shape index (κ3) is 2.11. The Bertz CT molecular complexity index is 530. The summed E-state index contributed by atoms with van der Waals surface area (Å²) in [5.41, 5.74) is 4.93. The summed E-state index contributed by atoms with van der Waals surface area (Å²) in [6, 6.07) is 18.4. The number of ether oxygens (including phenoxy) is 1. The minimum absolute atomic E-state index is 0.395. The van der Waals surface area contributed by atoms with E-state index in [1.165, 1.54) is 5.56 Å². The average molecular weight is 255 g/mol. The van der Waals surface area contributed by atoms with Crippen molar-refractivity contribution in [1.82, 2.24) is 5.48 Å². The fourth-order valence-corrected chi connectivity index (χ4v) is 2.59. The third-order valence-corrected chi connectivity index (χ3v) is 3.62. The molecule has 0 radical (unpaired) electrons. The Labute approximate surface area is 113 Å². The zero-order valence-corrected chi connectivity index (χ0v) is 10.9. The lowest BCUT2D eigenvalue weighted by molar-refractivity contribution is -0.0283. The predicted octanol–water partition coefficient (Wildman–Crippen LogP) is 2.86. The summed E-state index contributed by atoms with van der Waals surface area (Å²) >= 11 is 0. The second kappa shape index (κ2) is 5.03. The maximum absolute atomic E-state index is 5.90. The molecule has 3 nitrogen and oxygen atoms in total. The van der Waals surface area contributed by atoms with Crippen molar-refractivity contribution in [2.24, 2.45) is 0 Å². The molecule has 0 aliphatic carbocycles. The van der Waals surface area contributed by atoms with Crippen LogP contribution in [0.5, 0.6) is 5.75 Å². The number of benzene rings is 2. The second-order valence-electron chi connectivity index (χ2n) is 4.67. The van der Waals surface area contributed by atoms with E-state index in [0.717, 1.165) is 24.3 Å². The van der Waals surface area contributed by atoms with Crippen LogP contribution in [0.3, 0.4) is 0 Å². The normalized spacial score (nSPS) is 22.4. The van der Waals surface area contributed by atoms with E-state index in [0.29, 0.717) is 0 Å². The molecule has 2 aromatic carbocycles. The largest absolute Gasteiger partial charge is 0.497 e. The van der Waals surface area contributed by atoms with E-state index in [1.807, 2.05) is 30.3 Å². The zero-order chi connectivity index (χ0) is 13.1. The minimum Gasteiger partial charge on any atom is -0.497 e. The van der Waals surface area contributed by atoms with Crippen LogP contribution >= 0.6 is 0 Å². The number of methoxy groups -OCH3 is 1. The Hall–Kier alpha value is -1.84. The van der Waals surface area contributed by atoms with Crippen molar-refractivity contribution in [3.8, 4) is 5.75 Å². The number of hydroxylamine groups is 1. The minimum atomic E-state index is -0.395. The van der Waals surface area contributed by atoms with Crippen molar-refractivity contribution in [2.75, 3.05) is 13.7 Å². The first-order valence-corrected chi connectivity index (χ1v) is 6.46. The van der Waals surface area contributed by atoms with Crippen LogP contribution in [0.2, 0.25) is 0 Å². The molecular formula is C16H17NO2. The molecule has 1 fully saturated rings. The third-order valence-electron chi connectivity index (χ3n) is 3.62. The van der Waals surface area contributed by atoms with Gasteiger partial charge in [-0.2, -0.15) is 0 Å². The molecule has 2 aromatic rings. The molecule has 0 amide bonds. The van der Waals surface area contributed by atoms with Crippen LogP contribution in [0.25, 0.3) is 0 Å². The highest BCUT2D eigenvalue weighted by Gasteiger charge is 2.39. The average Bonchev–Trinajstić information content (AvgIpc) is 2.99. The predicted molar refractivity (Wildman–Crippen MR) is 73.9 cm³/mol. The van der Waals surface area contributed by atoms with E-state index in [9.17, 15) is 0 Å². The van der Waals surface area contributed by atoms with Crippen LogP contribution in [-0.4, -0.2) is 13.7 Å². The second-order valence-corrected chi connectivity index (χ2v) is 4.67. The van der Waals surface area contributed by atoms with Gasteiger partial charge in [0.05, 0.1) is 7.11 Å². The monoisotopic (exact) mass is 255 g/mol. The van der Waals surface area contributed by atoms with Gasteiger partial charge in [0, 0.05) is 13.0 Å². The highest BCUT2D eigenvalue weighted by molar-refractivity contribution is 5.39. The van der Waals surface area contributed by atoms with Crippen LogP contribution in [0.4, 0.5) is 0 Å². The Kier molecular flexibility index (Phi) is 3.23. The van der Waals surface area contributed by atoms with Gasteiger partial charge in [-0.15, -0.1) is 0 Å². The standard InChI is InChI=1S/C16H17NO2/c1-18-15-9-7-14(8-10-15)16(11-12-17-19-16)13-5-3-2-4-6-13/h2-10,17H,11-12H2,1H3. The molecule has 1 heterocycles. The summed E-state index contributed by atoms with van der Waals surface area (Å²) < 4.78 is 5.21. The van der Waals surface area contributed by atoms with Gasteiger partial charge in [0.2, 0.25) is 0 Å². The lowest BCUT2D eigenvalue weighted by Gasteiger charge is -2.28. The number of hydrogen-bond donors (Lipinski definition) is 1. The smallest absolute Gasteiger partial charge is 0.141 e. The Morgan fingerprint density at radius 3 is 2.26 bits per heavy atom. The summed E-state index contributed by atoms with van der Waals surface area (Å²) in [5.74, 6) is 0.859. The van der Waals surface area contributed by atoms with Crippen molar-refractivity contribution < 1.29 is 9.57 Å². The summed E-state index contributed by atoms with van der Waals surface area (Å²) in [5, 5.41) is 0. The van der Waals surface area contributed by atoms with Gasteiger partial charge in [-0.1, -0.05) is 42.5 Å². The van der Waals surface area contributed by atoms with Crippen molar-refractivity contribution in [2.45, 2.75) is 12.0 Å². The van der Waals surface area contributed by atoms with E-state index >= 15 is 0 Å². The first-order valence-electron chi connectivity index (χ1n) is 6.46. The molecule has 98 valence electrons. The lowest BCUT2D eigenvalue weighted by Crippen LogP contribution is -2.28. The lowest BCUT2D eigenvalue weighted by atomic mass is 9.84. The molecule has 1 unspecified atom stereocenters. The Morgan fingerprint density at radius 2 is 1.68 bits per heavy atom. The quantitative estimate of drug-likeness (QED) is 0.914. The van der Waals surface area contributed by atoms with E-state index in [4.69, 9.17) is 9.57 Å². The summed E-state index contributed by atoms with van der Waals surface area (Å²) in [7, 11) is 1.68. The Morgan fingerprint density at radius 1 is 1.00 bits per heavy atom. The summed E-state index contributed by atoms with van der Waals surface area (Å²) in [4.78, 5) is 5.90. The molecule has 1 aliphatic heterocycles. The maximum atomic E-state index is 5.90. The molecule has 0 bridgehead atoms. The van der Waals surface area contributed by atoms with E-state index in [1.54, 1.807) is 7.11 Å². The number of rotatable bonds is 3. The molecule has 3 heteroatoms. The molecule has 19 heavy (non-hydrogen) atoms. The first kappa shape index (κ1) is 12.2. The summed E-state index contributed by atoms with van der Waals surface area (Å²) in [6.45, 7) is 0.848. The highest BCUT2D eigenvalue weighted by atomic mass is 16.7. The van der Waals surface area contributed by atoms with E-state index < -0.39 is 5.60 Å². The van der Waals surface area contributed by atoms with Gasteiger partial charge in [0.25, 0.3) is 0 Å². The highest BCUT2D eigenvalue weighted by Crippen LogP contribution is 2.39. The zero-order valence-electron chi connectivity index (χ0n) is 10.9.